The van der Waals surface area contributed by atoms with Crippen LogP contribution >= 0.6 is 0 Å². The number of benzene rings is 4. The van der Waals surface area contributed by atoms with Crippen molar-refractivity contribution in [1.82, 2.24) is 9.14 Å². The van der Waals surface area contributed by atoms with E-state index in [1.54, 1.807) is 0 Å². The second-order valence-corrected chi connectivity index (χ2v) is 16.2. The summed E-state index contributed by atoms with van der Waals surface area (Å²) in [6, 6.07) is 4.82. The molecular weight excluding hydrogens is 1120 g/mol. The van der Waals surface area contributed by atoms with Crippen molar-refractivity contribution in [2.24, 2.45) is 0 Å². The fraction of sp³-hybridized carbons (Fsp3) is 0.273. The van der Waals surface area contributed by atoms with Gasteiger partial charge in [-0.3, -0.25) is 4.79 Å². The molecule has 1 aromatic heterocycles. The Kier molecular flexibility index (Phi) is 12.7. The molecular formula is C44H17F28N2O2+. The van der Waals surface area contributed by atoms with Gasteiger partial charge in [0, 0.05) is 35.2 Å². The highest BCUT2D eigenvalue weighted by Crippen LogP contribution is 2.61. The Morgan fingerprint density at radius 1 is 0.461 bits per heavy atom. The van der Waals surface area contributed by atoms with Crippen LogP contribution in [-0.4, -0.2) is 21.2 Å². The van der Waals surface area contributed by atoms with E-state index < -0.39 is 206 Å². The molecule has 76 heavy (non-hydrogen) atoms. The van der Waals surface area contributed by atoms with Gasteiger partial charge in [-0.15, -0.1) is 0 Å². The quantitative estimate of drug-likeness (QED) is 0.111. The van der Waals surface area contributed by atoms with Crippen LogP contribution in [-0.2, 0) is 67.1 Å². The van der Waals surface area contributed by atoms with E-state index in [0.29, 0.717) is 43.3 Å². The molecule has 2 aliphatic rings. The lowest BCUT2D eigenvalue weighted by atomic mass is 9.78. The third kappa shape index (κ3) is 8.74. The van der Waals surface area contributed by atoms with Crippen molar-refractivity contribution in [3.63, 3.8) is 0 Å². The number of aliphatic hydroxyl groups excluding tert-OH is 1. The fourth-order valence-electron chi connectivity index (χ4n) is 9.49. The molecule has 0 fully saturated rings. The maximum Gasteiger partial charge on any atom is 0.423 e. The van der Waals surface area contributed by atoms with E-state index in [1.807, 2.05) is 0 Å². The number of nitrogens with zero attached hydrogens (tertiary/aromatic N) is 2. The minimum atomic E-state index is -7.32. The van der Waals surface area contributed by atoms with Crippen molar-refractivity contribution in [2.45, 2.75) is 76.1 Å². The predicted molar refractivity (Wildman–Crippen MR) is 204 cm³/mol. The Morgan fingerprint density at radius 2 is 0.829 bits per heavy atom. The summed E-state index contributed by atoms with van der Waals surface area (Å²) in [5.41, 5.74) is -57.4. The summed E-state index contributed by atoms with van der Waals surface area (Å²) < 4.78 is 411. The number of para-hydroxylation sites is 2. The number of halogens is 28. The van der Waals surface area contributed by atoms with Crippen molar-refractivity contribution in [1.29, 1.82) is 0 Å². The number of fused-ring (bicyclic) bond motifs is 2. The van der Waals surface area contributed by atoms with Crippen LogP contribution in [0.15, 0.2) is 59.9 Å². The third-order valence-electron chi connectivity index (χ3n) is 11.8. The molecule has 0 atom stereocenters. The zero-order valence-corrected chi connectivity index (χ0v) is 36.2. The van der Waals surface area contributed by atoms with Gasteiger partial charge in [0.2, 0.25) is 17.2 Å². The first-order valence-corrected chi connectivity index (χ1v) is 19.9. The first kappa shape index (κ1) is 56.8. The van der Waals surface area contributed by atoms with Gasteiger partial charge in [0.1, 0.15) is 23.6 Å². The summed E-state index contributed by atoms with van der Waals surface area (Å²) >= 11 is 0. The van der Waals surface area contributed by atoms with Crippen LogP contribution in [0.2, 0.25) is 0 Å². The average molecular weight is 1140 g/mol. The van der Waals surface area contributed by atoms with Gasteiger partial charge in [0.15, 0.2) is 5.71 Å². The zero-order valence-electron chi connectivity index (χ0n) is 36.2. The maximum atomic E-state index is 15.0. The standard InChI is InChI=1S/C44H16F28N2O2/c1-12-19(14-7-3-5-9-17(14)73(12)32-28(41(61,62)63)23(36(46,47)48)16(11-45)24(37(49,50)51)29(32)42(64,65)66)21-34(75)22(35(21)76)20-13(2)74(18-10-6-4-8-15(18)20)33-30(43(67,68)69)26(39(55,56)57)25(38(52,53)54)27(40(58,59)60)31(33)44(70,71)72/h3-10H,11H2,1-2H3/p+1. The number of rotatable bonds is 4. The summed E-state index contributed by atoms with van der Waals surface area (Å²) in [4.78, 5) is 14.4. The lowest BCUT2D eigenvalue weighted by Gasteiger charge is -2.31. The smallest absolute Gasteiger partial charge is 0.423 e. The van der Waals surface area contributed by atoms with Crippen LogP contribution in [0, 0.1) is 6.92 Å². The van der Waals surface area contributed by atoms with Gasteiger partial charge in [-0.05, 0) is 19.1 Å². The number of alkyl halides is 28. The monoisotopic (exact) mass is 1140 g/mol. The number of hydrogen-bond acceptors (Lipinski definition) is 2. The van der Waals surface area contributed by atoms with Crippen LogP contribution < -0.4 is 4.58 Å². The molecule has 410 valence electrons. The lowest BCUT2D eigenvalue weighted by Crippen LogP contribution is -2.33. The maximum absolute atomic E-state index is 15.0. The summed E-state index contributed by atoms with van der Waals surface area (Å²) in [7, 11) is 0. The van der Waals surface area contributed by atoms with Gasteiger partial charge in [0.25, 0.3) is 0 Å². The minimum absolute atomic E-state index is 0.241. The second-order valence-electron chi connectivity index (χ2n) is 16.2. The SMILES string of the molecule is CC1=[N+](c2c(C(F)(F)F)c(C(F)(F)F)c(CF)c(C(F)(F)F)c2C(F)(F)F)c2ccccc2/C1=C1/C(=O)C(c2c(C)n(-c3c(C(F)(F)F)c(C(F)(F)F)c(C(F)(F)F)c(C(F)(F)F)c3C(F)(F)F)c3ccccc23)=C1O. The first-order valence-electron chi connectivity index (χ1n) is 19.9. The molecule has 7 rings (SSSR count). The molecule has 0 unspecified atom stereocenters. The van der Waals surface area contributed by atoms with Crippen LogP contribution in [0.25, 0.3) is 27.7 Å². The number of hydrogen-bond donors (Lipinski definition) is 1. The van der Waals surface area contributed by atoms with Gasteiger partial charge in [-0.1, -0.05) is 30.3 Å². The number of carbonyl (C=O) groups excluding carboxylic acids is 1. The van der Waals surface area contributed by atoms with Crippen LogP contribution in [0.1, 0.15) is 79.4 Å². The zero-order chi connectivity index (χ0) is 57.9. The molecule has 1 aliphatic carbocycles. The van der Waals surface area contributed by atoms with Crippen LogP contribution in [0.5, 0.6) is 0 Å². The van der Waals surface area contributed by atoms with Crippen molar-refractivity contribution >= 4 is 44.9 Å². The van der Waals surface area contributed by atoms with Gasteiger partial charge < -0.3 is 9.67 Å². The first-order chi connectivity index (χ1) is 34.2. The normalized spacial score (nSPS) is 16.7. The summed E-state index contributed by atoms with van der Waals surface area (Å²) in [6.07, 6.45) is -63.3. The van der Waals surface area contributed by atoms with Crippen molar-refractivity contribution in [3.8, 4) is 5.69 Å². The Morgan fingerprint density at radius 3 is 1.21 bits per heavy atom. The van der Waals surface area contributed by atoms with Crippen molar-refractivity contribution < 1.29 is 133 Å². The molecule has 0 bridgehead atoms. The fourth-order valence-corrected chi connectivity index (χ4v) is 9.49. The summed E-state index contributed by atoms with van der Waals surface area (Å²) in [5, 5.41) is 10.6. The summed E-state index contributed by atoms with van der Waals surface area (Å²) in [5.74, 6) is -3.66. The summed E-state index contributed by atoms with van der Waals surface area (Å²) in [6.45, 7) is -2.69. The molecule has 2 heterocycles. The van der Waals surface area contributed by atoms with E-state index in [0.717, 1.165) is 12.1 Å². The highest BCUT2D eigenvalue weighted by atomic mass is 19.4. The number of ketones is 1. The van der Waals surface area contributed by atoms with Crippen LogP contribution in [0.3, 0.4) is 0 Å². The van der Waals surface area contributed by atoms with Gasteiger partial charge in [-0.25, -0.2) is 4.39 Å². The lowest BCUT2D eigenvalue weighted by molar-refractivity contribution is -0.188. The number of aromatic nitrogens is 1. The van der Waals surface area contributed by atoms with E-state index in [4.69, 9.17) is 0 Å². The molecule has 0 spiro atoms. The molecule has 5 aromatic rings. The van der Waals surface area contributed by atoms with Crippen molar-refractivity contribution in [3.05, 3.63) is 132 Å². The van der Waals surface area contributed by atoms with E-state index in [2.05, 4.69) is 0 Å². The molecule has 32 heteroatoms. The van der Waals surface area contributed by atoms with Crippen LogP contribution in [0.4, 0.5) is 134 Å². The number of carbonyl (C=O) groups is 1. The van der Waals surface area contributed by atoms with E-state index >= 15 is 26.3 Å². The molecule has 4 aromatic carbocycles. The molecule has 1 N–H and O–H groups in total. The largest absolute Gasteiger partial charge is 0.506 e. The third-order valence-corrected chi connectivity index (χ3v) is 11.8. The minimum Gasteiger partial charge on any atom is -0.506 e. The molecule has 4 nitrogen and oxygen atoms in total. The van der Waals surface area contributed by atoms with Gasteiger partial charge in [0.05, 0.1) is 72.4 Å². The Balaban J connectivity index is 1.70. The molecule has 1 aliphatic heterocycles. The van der Waals surface area contributed by atoms with Gasteiger partial charge >= 0.3 is 55.6 Å². The topological polar surface area (TPSA) is 45.2 Å². The second kappa shape index (κ2) is 17.0. The molecule has 0 saturated heterocycles. The number of aliphatic hydroxyl groups is 1. The van der Waals surface area contributed by atoms with E-state index in [1.165, 1.54) is 0 Å². The number of allylic oxidation sites excluding steroid dienone is 3. The van der Waals surface area contributed by atoms with Crippen molar-refractivity contribution in [2.75, 3.05) is 0 Å². The highest BCUT2D eigenvalue weighted by molar-refractivity contribution is 6.48. The van der Waals surface area contributed by atoms with Gasteiger partial charge in [-0.2, -0.15) is 123 Å². The predicted octanol–water partition coefficient (Wildman–Crippen LogP) is 17.2. The Bertz CT molecular complexity index is 3300. The molecule has 0 radical (unpaired) electrons. The number of Topliss-reactive ketones (excluding diaryl/α,β-unsaturated/α-hetero) is 1. The molecule has 0 amide bonds. The molecule has 0 saturated carbocycles. The van der Waals surface area contributed by atoms with E-state index in [9.17, 15) is 106 Å². The van der Waals surface area contributed by atoms with E-state index in [-0.39, 0.29) is 6.92 Å². The highest BCUT2D eigenvalue weighted by Gasteiger charge is 2.63. The Labute approximate surface area is 401 Å². The average Bonchev–Trinajstić information content (AvgIpc) is 3.67. The Hall–Kier alpha value is -6.92.